The van der Waals surface area contributed by atoms with Crippen LogP contribution in [0.25, 0.3) is 0 Å². The molecule has 1 aliphatic carbocycles. The van der Waals surface area contributed by atoms with E-state index in [1.165, 1.54) is 12.1 Å². The van der Waals surface area contributed by atoms with Crippen molar-refractivity contribution < 1.29 is 18.7 Å². The Morgan fingerprint density at radius 2 is 2.00 bits per heavy atom. The average molecular weight is 291 g/mol. The first-order chi connectivity index (χ1) is 10.1. The molecule has 21 heavy (non-hydrogen) atoms. The minimum absolute atomic E-state index is 0.139. The van der Waals surface area contributed by atoms with E-state index in [-0.39, 0.29) is 36.8 Å². The molecule has 0 aromatic heterocycles. The molecule has 1 aromatic carbocycles. The Morgan fingerprint density at radius 1 is 1.24 bits per heavy atom. The van der Waals surface area contributed by atoms with Crippen LogP contribution in [-0.2, 0) is 20.9 Å². The lowest BCUT2D eigenvalue weighted by Gasteiger charge is -2.16. The molecule has 1 atom stereocenters. The van der Waals surface area contributed by atoms with E-state index in [0.29, 0.717) is 6.42 Å². The van der Waals surface area contributed by atoms with Crippen molar-refractivity contribution in [1.29, 1.82) is 0 Å². The third-order valence-electron chi connectivity index (χ3n) is 3.35. The molecule has 0 spiro atoms. The molecule has 2 rings (SSSR count). The molecule has 0 aliphatic heterocycles. The summed E-state index contributed by atoms with van der Waals surface area (Å²) in [6, 6.07) is 5.85. The molecule has 4 nitrogen and oxygen atoms in total. The van der Waals surface area contributed by atoms with Crippen LogP contribution in [0.1, 0.15) is 24.8 Å². The van der Waals surface area contributed by atoms with Gasteiger partial charge in [-0.05, 0) is 37.0 Å². The van der Waals surface area contributed by atoms with Gasteiger partial charge in [-0.3, -0.25) is 9.59 Å². The molecule has 0 heterocycles. The number of esters is 1. The second kappa shape index (κ2) is 7.57. The number of carbonyl (C=O) groups is 2. The fourth-order valence-electron chi connectivity index (χ4n) is 2.12. The van der Waals surface area contributed by atoms with Gasteiger partial charge in [-0.1, -0.05) is 24.3 Å². The number of halogens is 1. The number of allylic oxidation sites excluding steroid dienone is 2. The number of carbonyl (C=O) groups excluding carboxylic acids is 2. The van der Waals surface area contributed by atoms with Gasteiger partial charge in [0.15, 0.2) is 6.61 Å². The highest BCUT2D eigenvalue weighted by atomic mass is 19.1. The van der Waals surface area contributed by atoms with Gasteiger partial charge in [-0.2, -0.15) is 0 Å². The van der Waals surface area contributed by atoms with Crippen LogP contribution >= 0.6 is 0 Å². The van der Waals surface area contributed by atoms with Crippen molar-refractivity contribution in [3.63, 3.8) is 0 Å². The Morgan fingerprint density at radius 3 is 2.67 bits per heavy atom. The van der Waals surface area contributed by atoms with Crippen molar-refractivity contribution in [2.24, 2.45) is 5.92 Å². The van der Waals surface area contributed by atoms with Crippen molar-refractivity contribution in [3.05, 3.63) is 47.8 Å². The molecular formula is C16H18FNO3. The molecule has 0 saturated carbocycles. The van der Waals surface area contributed by atoms with E-state index in [2.05, 4.69) is 5.32 Å². The van der Waals surface area contributed by atoms with Crippen molar-refractivity contribution in [3.8, 4) is 0 Å². The SMILES string of the molecule is O=C(COC(=O)[C@H]1CC=CCC1)NCc1ccc(F)cc1. The van der Waals surface area contributed by atoms with Crippen LogP contribution < -0.4 is 5.32 Å². The largest absolute Gasteiger partial charge is 0.455 e. The maximum Gasteiger partial charge on any atom is 0.309 e. The van der Waals surface area contributed by atoms with Crippen LogP contribution in [0.15, 0.2) is 36.4 Å². The first-order valence-corrected chi connectivity index (χ1v) is 6.98. The predicted molar refractivity (Wildman–Crippen MR) is 75.7 cm³/mol. The summed E-state index contributed by atoms with van der Waals surface area (Å²) >= 11 is 0. The quantitative estimate of drug-likeness (QED) is 0.669. The molecule has 1 aromatic rings. The Labute approximate surface area is 123 Å². The summed E-state index contributed by atoms with van der Waals surface area (Å²) in [5.41, 5.74) is 0.786. The Kier molecular flexibility index (Phi) is 5.49. The molecular weight excluding hydrogens is 273 g/mol. The summed E-state index contributed by atoms with van der Waals surface area (Å²) in [6.07, 6.45) is 6.32. The van der Waals surface area contributed by atoms with E-state index in [9.17, 15) is 14.0 Å². The van der Waals surface area contributed by atoms with Crippen LogP contribution in [0.3, 0.4) is 0 Å². The third kappa shape index (κ3) is 5.02. The third-order valence-corrected chi connectivity index (χ3v) is 3.35. The van der Waals surface area contributed by atoms with E-state index < -0.39 is 0 Å². The number of amides is 1. The van der Waals surface area contributed by atoms with Gasteiger partial charge >= 0.3 is 5.97 Å². The van der Waals surface area contributed by atoms with Gasteiger partial charge in [0.05, 0.1) is 5.92 Å². The number of rotatable bonds is 5. The van der Waals surface area contributed by atoms with Gasteiger partial charge in [0.2, 0.25) is 0 Å². The zero-order valence-corrected chi connectivity index (χ0v) is 11.7. The number of hydrogen-bond donors (Lipinski definition) is 1. The molecule has 0 fully saturated rings. The fourth-order valence-corrected chi connectivity index (χ4v) is 2.12. The summed E-state index contributed by atoms with van der Waals surface area (Å²) < 4.78 is 17.7. The van der Waals surface area contributed by atoms with Gasteiger partial charge in [-0.15, -0.1) is 0 Å². The monoisotopic (exact) mass is 291 g/mol. The maximum atomic E-state index is 12.7. The summed E-state index contributed by atoms with van der Waals surface area (Å²) in [5.74, 6) is -1.14. The number of benzene rings is 1. The van der Waals surface area contributed by atoms with Crippen molar-refractivity contribution >= 4 is 11.9 Å². The molecule has 0 bridgehead atoms. The molecule has 0 radical (unpaired) electrons. The highest BCUT2D eigenvalue weighted by Crippen LogP contribution is 2.19. The van der Waals surface area contributed by atoms with Crippen molar-refractivity contribution in [2.75, 3.05) is 6.61 Å². The zero-order chi connectivity index (χ0) is 15.1. The molecule has 1 amide bonds. The minimum Gasteiger partial charge on any atom is -0.455 e. The highest BCUT2D eigenvalue weighted by molar-refractivity contribution is 5.81. The number of hydrogen-bond acceptors (Lipinski definition) is 3. The Balaban J connectivity index is 1.68. The number of ether oxygens (including phenoxy) is 1. The lowest BCUT2D eigenvalue weighted by molar-refractivity contribution is -0.152. The molecule has 0 saturated heterocycles. The topological polar surface area (TPSA) is 55.4 Å². The van der Waals surface area contributed by atoms with E-state index in [1.54, 1.807) is 12.1 Å². The van der Waals surface area contributed by atoms with E-state index in [1.807, 2.05) is 12.2 Å². The lowest BCUT2D eigenvalue weighted by Crippen LogP contribution is -2.30. The van der Waals surface area contributed by atoms with Gasteiger partial charge in [0.1, 0.15) is 5.82 Å². The van der Waals surface area contributed by atoms with Crippen LogP contribution in [0.5, 0.6) is 0 Å². The van der Waals surface area contributed by atoms with E-state index in [0.717, 1.165) is 18.4 Å². The molecule has 112 valence electrons. The van der Waals surface area contributed by atoms with Gasteiger partial charge < -0.3 is 10.1 Å². The molecule has 0 unspecified atom stereocenters. The van der Waals surface area contributed by atoms with Crippen molar-refractivity contribution in [1.82, 2.24) is 5.32 Å². The predicted octanol–water partition coefficient (Wildman–Crippen LogP) is 2.34. The first-order valence-electron chi connectivity index (χ1n) is 6.98. The molecule has 1 N–H and O–H groups in total. The Bertz CT molecular complexity index is 525. The second-order valence-corrected chi connectivity index (χ2v) is 4.99. The highest BCUT2D eigenvalue weighted by Gasteiger charge is 2.20. The fraction of sp³-hybridized carbons (Fsp3) is 0.375. The summed E-state index contributed by atoms with van der Waals surface area (Å²) in [4.78, 5) is 23.3. The van der Waals surface area contributed by atoms with Crippen LogP contribution in [0.4, 0.5) is 4.39 Å². The normalized spacial score (nSPS) is 17.3. The molecule has 5 heteroatoms. The van der Waals surface area contributed by atoms with Gasteiger partial charge in [-0.25, -0.2) is 4.39 Å². The van der Waals surface area contributed by atoms with Gasteiger partial charge in [0, 0.05) is 6.54 Å². The second-order valence-electron chi connectivity index (χ2n) is 4.99. The van der Waals surface area contributed by atoms with Gasteiger partial charge in [0.25, 0.3) is 5.91 Å². The van der Waals surface area contributed by atoms with Crippen LogP contribution in [-0.4, -0.2) is 18.5 Å². The summed E-state index contributed by atoms with van der Waals surface area (Å²) in [7, 11) is 0. The van der Waals surface area contributed by atoms with E-state index in [4.69, 9.17) is 4.74 Å². The maximum absolute atomic E-state index is 12.7. The standard InChI is InChI=1S/C16H18FNO3/c17-14-8-6-12(7-9-14)10-18-15(19)11-21-16(20)13-4-2-1-3-5-13/h1-2,6-9,13H,3-5,10-11H2,(H,18,19)/t13-/m0/s1. The first kappa shape index (κ1) is 15.2. The average Bonchev–Trinajstić information content (AvgIpc) is 2.53. The molecule has 1 aliphatic rings. The van der Waals surface area contributed by atoms with Crippen molar-refractivity contribution in [2.45, 2.75) is 25.8 Å². The lowest BCUT2D eigenvalue weighted by atomic mass is 9.95. The number of nitrogens with one attached hydrogen (secondary N) is 1. The summed E-state index contributed by atoms with van der Waals surface area (Å²) in [6.45, 7) is 0.00305. The van der Waals surface area contributed by atoms with E-state index >= 15 is 0 Å². The smallest absolute Gasteiger partial charge is 0.309 e. The van der Waals surface area contributed by atoms with Crippen LogP contribution in [0.2, 0.25) is 0 Å². The van der Waals surface area contributed by atoms with Crippen LogP contribution in [0, 0.1) is 11.7 Å². The zero-order valence-electron chi connectivity index (χ0n) is 11.7. The minimum atomic E-state index is -0.362. The summed E-state index contributed by atoms with van der Waals surface area (Å²) in [5, 5.41) is 2.62. The Hall–Kier alpha value is -2.17.